The molecule has 1 aliphatic heterocycles. The molecule has 2 N–H and O–H groups in total. The van der Waals surface area contributed by atoms with Crippen molar-refractivity contribution in [1.82, 2.24) is 14.9 Å². The summed E-state index contributed by atoms with van der Waals surface area (Å²) in [6, 6.07) is 10.6. The summed E-state index contributed by atoms with van der Waals surface area (Å²) < 4.78 is 61.2. The summed E-state index contributed by atoms with van der Waals surface area (Å²) in [5.74, 6) is -0.167. The number of sulfonamides is 1. The summed E-state index contributed by atoms with van der Waals surface area (Å²) in [5.41, 5.74) is 2.90. The Morgan fingerprint density at radius 3 is 2.06 bits per heavy atom. The van der Waals surface area contributed by atoms with Crippen molar-refractivity contribution in [3.8, 4) is 0 Å². The van der Waals surface area contributed by atoms with Crippen LogP contribution in [0.4, 0.5) is 0 Å². The first-order chi connectivity index (χ1) is 23.7. The van der Waals surface area contributed by atoms with Crippen molar-refractivity contribution in [1.29, 1.82) is 0 Å². The van der Waals surface area contributed by atoms with Gasteiger partial charge in [-0.3, -0.25) is 4.79 Å². The number of carbonyl (C=O) groups is 1. The molecule has 3 rings (SSSR count). The Hall–Kier alpha value is -1.88. The third kappa shape index (κ3) is 15.9. The fourth-order valence-corrected chi connectivity index (χ4v) is 6.74. The van der Waals surface area contributed by atoms with E-state index >= 15 is 0 Å². The normalized spacial score (nSPS) is 15.0. The minimum absolute atomic E-state index is 0.0666. The predicted octanol–water partition coefficient (Wildman–Crippen LogP) is 3.86. The van der Waals surface area contributed by atoms with Crippen LogP contribution in [0.3, 0.4) is 0 Å². The quantitative estimate of drug-likeness (QED) is 0.137. The van der Waals surface area contributed by atoms with Crippen molar-refractivity contribution >= 4 is 39.1 Å². The van der Waals surface area contributed by atoms with Crippen LogP contribution in [0.5, 0.6) is 0 Å². The zero-order chi connectivity index (χ0) is 35.3. The van der Waals surface area contributed by atoms with Crippen LogP contribution in [-0.4, -0.2) is 125 Å². The topological polar surface area (TPSA) is 134 Å². The number of hydrogen-bond donors (Lipinski definition) is 2. The zero-order valence-electron chi connectivity index (χ0n) is 28.6. The van der Waals surface area contributed by atoms with Gasteiger partial charge in [0.25, 0.3) is 0 Å². The summed E-state index contributed by atoms with van der Waals surface area (Å²) in [5, 5.41) is 3.95. The molecule has 12 nitrogen and oxygen atoms in total. The second kappa shape index (κ2) is 23.6. The third-order valence-corrected chi connectivity index (χ3v) is 9.49. The fourth-order valence-electron chi connectivity index (χ4n) is 5.10. The number of amides is 1. The molecule has 276 valence electrons. The van der Waals surface area contributed by atoms with E-state index < -0.39 is 10.0 Å². The number of fused-ring (bicyclic) bond motifs is 1. The zero-order valence-corrected chi connectivity index (χ0v) is 30.9. The smallest absolute Gasteiger partial charge is 0.240 e. The number of nitrogens with one attached hydrogen (secondary N) is 2. The fraction of sp³-hybridized carbons (Fsp3) is 0.618. The molecule has 0 radical (unpaired) electrons. The Labute approximate surface area is 301 Å². The van der Waals surface area contributed by atoms with E-state index in [1.54, 1.807) is 24.3 Å². The predicted molar refractivity (Wildman–Crippen MR) is 189 cm³/mol. The van der Waals surface area contributed by atoms with Gasteiger partial charge in [0, 0.05) is 55.2 Å². The summed E-state index contributed by atoms with van der Waals surface area (Å²) in [4.78, 5) is 14.2. The molecule has 1 atom stereocenters. The molecule has 0 spiro atoms. The van der Waals surface area contributed by atoms with Crippen LogP contribution in [0, 0.1) is 0 Å². The number of rotatable bonds is 26. The highest BCUT2D eigenvalue weighted by molar-refractivity contribution is 7.89. The minimum Gasteiger partial charge on any atom is -0.379 e. The van der Waals surface area contributed by atoms with E-state index in [1.807, 2.05) is 19.2 Å². The van der Waals surface area contributed by atoms with E-state index in [1.165, 1.54) is 0 Å². The molecule has 1 aliphatic rings. The molecule has 0 bridgehead atoms. The van der Waals surface area contributed by atoms with Crippen LogP contribution in [0.15, 0.2) is 41.3 Å². The van der Waals surface area contributed by atoms with Gasteiger partial charge in [0.05, 0.1) is 77.6 Å². The van der Waals surface area contributed by atoms with Gasteiger partial charge in [0.15, 0.2) is 0 Å². The van der Waals surface area contributed by atoms with Gasteiger partial charge in [-0.2, -0.15) is 0 Å². The highest BCUT2D eigenvalue weighted by atomic mass is 35.5. The first-order valence-corrected chi connectivity index (χ1v) is 18.9. The molecule has 0 saturated carbocycles. The Balaban J connectivity index is 1.19. The monoisotopic (exact) mass is 747 g/mol. The SMILES string of the molecule is CCCOCCOCCOCCC(=O)NCCOCCOCCOCCNS(=O)(=O)c1cccc(C2CN(C)Cc3c(Cl)cc(Cl)cc32)c1. The van der Waals surface area contributed by atoms with Gasteiger partial charge in [0.2, 0.25) is 15.9 Å². The first kappa shape index (κ1) is 41.5. The second-order valence-electron chi connectivity index (χ2n) is 11.4. The highest BCUT2D eigenvalue weighted by Crippen LogP contribution is 2.38. The summed E-state index contributed by atoms with van der Waals surface area (Å²) in [6.45, 7) is 9.08. The van der Waals surface area contributed by atoms with E-state index in [4.69, 9.17) is 51.6 Å². The Kier molecular flexibility index (Phi) is 20.0. The van der Waals surface area contributed by atoms with Crippen LogP contribution in [0.25, 0.3) is 0 Å². The number of hydrogen-bond acceptors (Lipinski definition) is 10. The molecule has 2 aromatic carbocycles. The average Bonchev–Trinajstić information content (AvgIpc) is 3.07. The molecule has 0 fully saturated rings. The Bertz CT molecular complexity index is 1370. The largest absolute Gasteiger partial charge is 0.379 e. The van der Waals surface area contributed by atoms with Gasteiger partial charge in [-0.1, -0.05) is 42.3 Å². The Morgan fingerprint density at radius 1 is 0.816 bits per heavy atom. The van der Waals surface area contributed by atoms with E-state index in [9.17, 15) is 13.2 Å². The van der Waals surface area contributed by atoms with E-state index in [-0.39, 0.29) is 36.3 Å². The molecule has 0 aromatic heterocycles. The lowest BCUT2D eigenvalue weighted by molar-refractivity contribution is -0.122. The van der Waals surface area contributed by atoms with Crippen molar-refractivity contribution in [3.63, 3.8) is 0 Å². The van der Waals surface area contributed by atoms with Crippen molar-refractivity contribution in [2.75, 3.05) is 106 Å². The lowest BCUT2D eigenvalue weighted by atomic mass is 9.85. The van der Waals surface area contributed by atoms with Gasteiger partial charge in [-0.15, -0.1) is 0 Å². The molecule has 1 heterocycles. The molecule has 2 aromatic rings. The average molecular weight is 749 g/mol. The van der Waals surface area contributed by atoms with Gasteiger partial charge >= 0.3 is 0 Å². The molecule has 1 unspecified atom stereocenters. The lowest BCUT2D eigenvalue weighted by Gasteiger charge is -2.33. The van der Waals surface area contributed by atoms with Crippen molar-refractivity contribution in [2.45, 2.75) is 37.1 Å². The molecular weight excluding hydrogens is 697 g/mol. The van der Waals surface area contributed by atoms with Crippen LogP contribution in [0.1, 0.15) is 42.4 Å². The number of benzene rings is 2. The standard InChI is InChI=1S/C34H51Cl2N3O9S/c1-3-10-43-14-18-47-19-15-44-11-7-34(40)37-8-12-45-16-20-48-21-17-46-13-9-38-49(41,42)29-6-4-5-27(22-29)31-25-39(2)26-32-30(31)23-28(35)24-33(32)36/h4-6,22-24,31,38H,3,7-21,25-26H2,1-2H3,(H,37,40). The van der Waals surface area contributed by atoms with Crippen LogP contribution >= 0.6 is 23.2 Å². The lowest BCUT2D eigenvalue weighted by Crippen LogP contribution is -2.31. The van der Waals surface area contributed by atoms with E-state index in [2.05, 4.69) is 21.9 Å². The molecule has 0 saturated heterocycles. The molecule has 49 heavy (non-hydrogen) atoms. The maximum Gasteiger partial charge on any atom is 0.240 e. The summed E-state index contributed by atoms with van der Waals surface area (Å²) in [6.07, 6.45) is 1.27. The van der Waals surface area contributed by atoms with Crippen LogP contribution in [-0.2, 0) is 49.8 Å². The van der Waals surface area contributed by atoms with Gasteiger partial charge < -0.3 is 38.6 Å². The van der Waals surface area contributed by atoms with E-state index in [0.29, 0.717) is 95.7 Å². The minimum atomic E-state index is -3.74. The van der Waals surface area contributed by atoms with E-state index in [0.717, 1.165) is 29.7 Å². The van der Waals surface area contributed by atoms with Gasteiger partial charge in [0.1, 0.15) is 0 Å². The van der Waals surface area contributed by atoms with Crippen molar-refractivity contribution < 1.29 is 41.6 Å². The van der Waals surface area contributed by atoms with Gasteiger partial charge in [-0.25, -0.2) is 13.1 Å². The number of ether oxygens (including phenoxy) is 6. The molecule has 1 amide bonds. The molecule has 15 heteroatoms. The maximum absolute atomic E-state index is 13.0. The van der Waals surface area contributed by atoms with Crippen molar-refractivity contribution in [3.05, 3.63) is 63.1 Å². The number of nitrogens with zero attached hydrogens (tertiary/aromatic N) is 1. The second-order valence-corrected chi connectivity index (χ2v) is 14.1. The summed E-state index contributed by atoms with van der Waals surface area (Å²) in [7, 11) is -1.73. The Morgan fingerprint density at radius 2 is 1.41 bits per heavy atom. The third-order valence-electron chi connectivity index (χ3n) is 7.48. The van der Waals surface area contributed by atoms with Crippen molar-refractivity contribution in [2.24, 2.45) is 0 Å². The molecule has 0 aliphatic carbocycles. The van der Waals surface area contributed by atoms with Crippen LogP contribution < -0.4 is 10.0 Å². The highest BCUT2D eigenvalue weighted by Gasteiger charge is 2.28. The number of likely N-dealkylation sites (N-methyl/N-ethyl adjacent to an activating group) is 1. The van der Waals surface area contributed by atoms with Gasteiger partial charge in [-0.05, 0) is 54.4 Å². The first-order valence-electron chi connectivity index (χ1n) is 16.7. The number of halogens is 2. The molecular formula is C34H51Cl2N3O9S. The maximum atomic E-state index is 13.0. The van der Waals surface area contributed by atoms with Crippen LogP contribution in [0.2, 0.25) is 10.0 Å². The summed E-state index contributed by atoms with van der Waals surface area (Å²) >= 11 is 12.8. The number of carbonyl (C=O) groups excluding carboxylic acids is 1.